The van der Waals surface area contributed by atoms with Gasteiger partial charge in [-0.3, -0.25) is 4.79 Å². The van der Waals surface area contributed by atoms with Crippen molar-refractivity contribution in [3.8, 4) is 11.5 Å². The Kier molecular flexibility index (Phi) is 6.74. The van der Waals surface area contributed by atoms with Crippen LogP contribution >= 0.6 is 0 Å². The van der Waals surface area contributed by atoms with Crippen LogP contribution in [0.25, 0.3) is 0 Å². The van der Waals surface area contributed by atoms with Crippen molar-refractivity contribution in [3.63, 3.8) is 0 Å². The molecule has 9 nitrogen and oxygen atoms in total. The fourth-order valence-corrected chi connectivity index (χ4v) is 5.85. The number of piperidine rings is 1. The molecule has 0 spiro atoms. The first-order chi connectivity index (χ1) is 17.0. The maximum atomic E-state index is 13.2. The lowest BCUT2D eigenvalue weighted by atomic mass is 9.97. The third kappa shape index (κ3) is 5.18. The van der Waals surface area contributed by atoms with Crippen molar-refractivity contribution in [2.24, 2.45) is 5.92 Å². The number of anilines is 1. The van der Waals surface area contributed by atoms with Gasteiger partial charge in [0.2, 0.25) is 15.9 Å². The molecule has 10 heteroatoms. The van der Waals surface area contributed by atoms with Gasteiger partial charge in [-0.15, -0.1) is 0 Å². The van der Waals surface area contributed by atoms with Gasteiger partial charge in [-0.25, -0.2) is 13.1 Å². The molecule has 0 saturated carbocycles. The molecule has 1 amide bonds. The van der Waals surface area contributed by atoms with Crippen LogP contribution < -0.4 is 14.8 Å². The Morgan fingerprint density at radius 2 is 1.74 bits per heavy atom. The molecule has 35 heavy (non-hydrogen) atoms. The summed E-state index contributed by atoms with van der Waals surface area (Å²) >= 11 is 0. The number of nitrogens with one attached hydrogen (secondary N) is 1. The first-order valence-electron chi connectivity index (χ1n) is 11.8. The smallest absolute Gasteiger partial charge is 0.243 e. The van der Waals surface area contributed by atoms with Crippen LogP contribution in [0.1, 0.15) is 24.8 Å². The van der Waals surface area contributed by atoms with E-state index in [2.05, 4.69) is 10.4 Å². The predicted octanol–water partition coefficient (Wildman–Crippen LogP) is 3.13. The van der Waals surface area contributed by atoms with Crippen molar-refractivity contribution >= 4 is 21.7 Å². The van der Waals surface area contributed by atoms with Crippen molar-refractivity contribution in [2.75, 3.05) is 31.6 Å². The number of aromatic nitrogens is 2. The monoisotopic (exact) mass is 496 g/mol. The lowest BCUT2D eigenvalue weighted by Crippen LogP contribution is -2.41. The number of ether oxygens (including phenoxy) is 2. The van der Waals surface area contributed by atoms with Crippen molar-refractivity contribution < 1.29 is 22.7 Å². The van der Waals surface area contributed by atoms with E-state index < -0.39 is 10.0 Å². The summed E-state index contributed by atoms with van der Waals surface area (Å²) in [7, 11) is -3.70. The van der Waals surface area contributed by atoms with Gasteiger partial charge in [0.25, 0.3) is 0 Å². The van der Waals surface area contributed by atoms with Crippen LogP contribution in [0.3, 0.4) is 0 Å². The van der Waals surface area contributed by atoms with Gasteiger partial charge in [0.15, 0.2) is 11.5 Å². The fourth-order valence-electron chi connectivity index (χ4n) is 4.36. The molecule has 184 valence electrons. The molecule has 5 rings (SSSR count). The van der Waals surface area contributed by atoms with Crippen molar-refractivity contribution in [1.82, 2.24) is 14.1 Å². The molecule has 1 aromatic heterocycles. The highest BCUT2D eigenvalue weighted by Crippen LogP contribution is 2.34. The van der Waals surface area contributed by atoms with Gasteiger partial charge in [0.05, 0.1) is 30.9 Å². The Morgan fingerprint density at radius 3 is 2.51 bits per heavy atom. The van der Waals surface area contributed by atoms with E-state index >= 15 is 0 Å². The number of amides is 1. The summed E-state index contributed by atoms with van der Waals surface area (Å²) in [5.41, 5.74) is 1.08. The number of rotatable bonds is 6. The van der Waals surface area contributed by atoms with Crippen LogP contribution in [0, 0.1) is 5.92 Å². The van der Waals surface area contributed by atoms with E-state index in [1.807, 2.05) is 30.3 Å². The minimum Gasteiger partial charge on any atom is -0.490 e. The van der Waals surface area contributed by atoms with E-state index in [0.29, 0.717) is 49.9 Å². The molecule has 2 aromatic carbocycles. The first kappa shape index (κ1) is 23.4. The summed E-state index contributed by atoms with van der Waals surface area (Å²) in [6, 6.07) is 16.4. The highest BCUT2D eigenvalue weighted by molar-refractivity contribution is 7.89. The zero-order chi connectivity index (χ0) is 24.3. The van der Waals surface area contributed by atoms with Crippen LogP contribution in [0.4, 0.5) is 5.82 Å². The van der Waals surface area contributed by atoms with Crippen LogP contribution in [0.5, 0.6) is 11.5 Å². The molecule has 2 aliphatic rings. The van der Waals surface area contributed by atoms with Crippen molar-refractivity contribution in [2.45, 2.75) is 30.7 Å². The molecule has 0 atom stereocenters. The highest BCUT2D eigenvalue weighted by atomic mass is 32.2. The summed E-state index contributed by atoms with van der Waals surface area (Å²) in [4.78, 5) is 13.1. The number of benzene rings is 2. The standard InChI is InChI=1S/C25H28N4O5S/c30-25(27-24-9-12-26-29(24)18-19-5-2-1-3-6-19)20-10-13-28(14-11-20)35(31,32)21-7-8-22-23(17-21)34-16-4-15-33-22/h1-3,5-9,12,17,20H,4,10-11,13-16,18H2,(H,27,30). The summed E-state index contributed by atoms with van der Waals surface area (Å²) in [5, 5.41) is 7.29. The van der Waals surface area contributed by atoms with E-state index in [4.69, 9.17) is 9.47 Å². The van der Waals surface area contributed by atoms with Gasteiger partial charge in [0, 0.05) is 37.6 Å². The molecule has 3 aromatic rings. The Hall–Kier alpha value is -3.37. The van der Waals surface area contributed by atoms with Crippen LogP contribution in [-0.4, -0.2) is 54.7 Å². The molecule has 0 unspecified atom stereocenters. The first-order valence-corrected chi connectivity index (χ1v) is 13.2. The van der Waals surface area contributed by atoms with E-state index in [9.17, 15) is 13.2 Å². The van der Waals surface area contributed by atoms with Gasteiger partial charge in [-0.1, -0.05) is 30.3 Å². The second-order valence-electron chi connectivity index (χ2n) is 8.69. The molecular weight excluding hydrogens is 468 g/mol. The van der Waals surface area contributed by atoms with E-state index in [1.165, 1.54) is 10.4 Å². The highest BCUT2D eigenvalue weighted by Gasteiger charge is 2.33. The Bertz CT molecular complexity index is 1280. The molecule has 1 fully saturated rings. The van der Waals surface area contributed by atoms with Gasteiger partial charge in [-0.2, -0.15) is 9.40 Å². The lowest BCUT2D eigenvalue weighted by Gasteiger charge is -2.30. The van der Waals surface area contributed by atoms with E-state index in [0.717, 1.165) is 12.0 Å². The molecule has 0 aliphatic carbocycles. The zero-order valence-electron chi connectivity index (χ0n) is 19.3. The summed E-state index contributed by atoms with van der Waals surface area (Å²) < 4.78 is 40.9. The third-order valence-electron chi connectivity index (χ3n) is 6.32. The Labute approximate surface area is 204 Å². The average molecular weight is 497 g/mol. The number of hydrogen-bond acceptors (Lipinski definition) is 6. The van der Waals surface area contributed by atoms with Gasteiger partial charge in [0.1, 0.15) is 5.82 Å². The van der Waals surface area contributed by atoms with Gasteiger partial charge < -0.3 is 14.8 Å². The third-order valence-corrected chi connectivity index (χ3v) is 8.22. The number of hydrogen-bond donors (Lipinski definition) is 1. The molecule has 0 radical (unpaired) electrons. The molecule has 1 N–H and O–H groups in total. The van der Waals surface area contributed by atoms with Crippen LogP contribution in [-0.2, 0) is 21.4 Å². The molecule has 3 heterocycles. The number of carbonyl (C=O) groups excluding carboxylic acids is 1. The van der Waals surface area contributed by atoms with Crippen LogP contribution in [0.15, 0.2) is 65.7 Å². The minimum atomic E-state index is -3.70. The SMILES string of the molecule is O=C(Nc1ccnn1Cc1ccccc1)C1CCN(S(=O)(=O)c2ccc3c(c2)OCCCO3)CC1. The normalized spacial score (nSPS) is 17.0. The topological polar surface area (TPSA) is 103 Å². The summed E-state index contributed by atoms with van der Waals surface area (Å²) in [6.45, 7) is 2.13. The van der Waals surface area contributed by atoms with Crippen LogP contribution in [0.2, 0.25) is 0 Å². The molecule has 1 saturated heterocycles. The predicted molar refractivity (Wildman–Crippen MR) is 130 cm³/mol. The lowest BCUT2D eigenvalue weighted by molar-refractivity contribution is -0.121. The minimum absolute atomic E-state index is 0.118. The van der Waals surface area contributed by atoms with E-state index in [-0.39, 0.29) is 29.8 Å². The van der Waals surface area contributed by atoms with Crippen molar-refractivity contribution in [1.29, 1.82) is 0 Å². The number of carbonyl (C=O) groups is 1. The number of fused-ring (bicyclic) bond motifs is 1. The number of sulfonamides is 1. The summed E-state index contributed by atoms with van der Waals surface area (Å²) in [5.74, 6) is 1.24. The molecule has 0 bridgehead atoms. The van der Waals surface area contributed by atoms with E-state index in [1.54, 1.807) is 29.1 Å². The maximum absolute atomic E-state index is 13.2. The summed E-state index contributed by atoms with van der Waals surface area (Å²) in [6.07, 6.45) is 3.30. The van der Waals surface area contributed by atoms with Gasteiger partial charge >= 0.3 is 0 Å². The number of nitrogens with zero attached hydrogens (tertiary/aromatic N) is 3. The molecular formula is C25H28N4O5S. The quantitative estimate of drug-likeness (QED) is 0.563. The van der Waals surface area contributed by atoms with Crippen molar-refractivity contribution in [3.05, 3.63) is 66.4 Å². The second-order valence-corrected chi connectivity index (χ2v) is 10.6. The van der Waals surface area contributed by atoms with Gasteiger partial charge in [-0.05, 0) is 30.5 Å². The largest absolute Gasteiger partial charge is 0.490 e. The Balaban J connectivity index is 1.20. The maximum Gasteiger partial charge on any atom is 0.243 e. The fraction of sp³-hybridized carbons (Fsp3) is 0.360. The Morgan fingerprint density at radius 1 is 1.00 bits per heavy atom. The average Bonchev–Trinajstić information content (AvgIpc) is 3.16. The zero-order valence-corrected chi connectivity index (χ0v) is 20.1. The second kappa shape index (κ2) is 10.1. The molecule has 2 aliphatic heterocycles.